The van der Waals surface area contributed by atoms with E-state index in [9.17, 15) is 4.79 Å². The van der Waals surface area contributed by atoms with Crippen molar-refractivity contribution >= 4 is 28.7 Å². The third-order valence-electron chi connectivity index (χ3n) is 3.79. The van der Waals surface area contributed by atoms with E-state index in [-0.39, 0.29) is 17.0 Å². The predicted octanol–water partition coefficient (Wildman–Crippen LogP) is 2.18. The van der Waals surface area contributed by atoms with Gasteiger partial charge in [-0.15, -0.1) is 11.3 Å². The average molecular weight is 301 g/mol. The number of thiazole rings is 1. The summed E-state index contributed by atoms with van der Waals surface area (Å²) in [4.78, 5) is 16.4. The maximum Gasteiger partial charge on any atom is 0.261 e. The Hall–Kier alpha value is -2.28. The van der Waals surface area contributed by atoms with Gasteiger partial charge in [0.1, 0.15) is 5.49 Å². The average Bonchev–Trinajstić information content (AvgIpc) is 3.09. The molecule has 0 saturated heterocycles. The highest BCUT2D eigenvalue weighted by Crippen LogP contribution is 2.31. The predicted molar refractivity (Wildman–Crippen MR) is 81.3 cm³/mol. The number of aromatic nitrogens is 2. The van der Waals surface area contributed by atoms with Crippen LogP contribution in [0.5, 0.6) is 0 Å². The second-order valence-electron chi connectivity index (χ2n) is 5.04. The van der Waals surface area contributed by atoms with Crippen molar-refractivity contribution in [2.75, 3.05) is 5.32 Å². The molecule has 0 fully saturated rings. The van der Waals surface area contributed by atoms with Crippen LogP contribution < -0.4 is 10.8 Å². The molecule has 0 spiro atoms. The molecule has 2 aromatic rings. The molecule has 0 radical (unpaired) electrons. The van der Waals surface area contributed by atoms with E-state index in [2.05, 4.69) is 17.2 Å². The van der Waals surface area contributed by atoms with Crippen molar-refractivity contribution in [2.45, 2.75) is 25.7 Å². The summed E-state index contributed by atoms with van der Waals surface area (Å²) in [5.74, 6) is -0.00865. The minimum atomic E-state index is -0.354. The Morgan fingerprint density at radius 3 is 3.10 bits per heavy atom. The zero-order chi connectivity index (χ0) is 15.0. The van der Waals surface area contributed by atoms with Crippen molar-refractivity contribution in [1.29, 1.82) is 10.8 Å². The molecule has 7 heteroatoms. The number of pyridine rings is 1. The van der Waals surface area contributed by atoms with Crippen LogP contribution in [0.15, 0.2) is 17.6 Å². The monoisotopic (exact) mass is 301 g/mol. The first-order chi connectivity index (χ1) is 10.1. The van der Waals surface area contributed by atoms with Crippen molar-refractivity contribution in [2.24, 2.45) is 0 Å². The van der Waals surface area contributed by atoms with Crippen LogP contribution >= 0.6 is 11.3 Å². The Kier molecular flexibility index (Phi) is 3.42. The topological polar surface area (TPSA) is 94.6 Å². The summed E-state index contributed by atoms with van der Waals surface area (Å²) in [6.07, 6.45) is 4.55. The van der Waals surface area contributed by atoms with Crippen LogP contribution in [-0.2, 0) is 6.42 Å². The lowest BCUT2D eigenvalue weighted by molar-refractivity contribution is 0.102. The molecule has 1 aliphatic carbocycles. The van der Waals surface area contributed by atoms with Crippen LogP contribution in [-0.4, -0.2) is 21.8 Å². The van der Waals surface area contributed by atoms with E-state index >= 15 is 0 Å². The second kappa shape index (κ2) is 5.25. The first-order valence-electron chi connectivity index (χ1n) is 6.66. The lowest BCUT2D eigenvalue weighted by Crippen LogP contribution is -2.31. The van der Waals surface area contributed by atoms with Gasteiger partial charge in [-0.3, -0.25) is 25.5 Å². The summed E-state index contributed by atoms with van der Waals surface area (Å²) in [7, 11) is 0. The molecular formula is C14H15N5OS. The molecule has 0 aromatic carbocycles. The van der Waals surface area contributed by atoms with E-state index in [4.69, 9.17) is 10.8 Å². The van der Waals surface area contributed by atoms with Gasteiger partial charge in [-0.05, 0) is 30.4 Å². The van der Waals surface area contributed by atoms with E-state index in [0.29, 0.717) is 11.0 Å². The number of nitrogens with zero attached hydrogens (tertiary/aromatic N) is 2. The molecule has 0 saturated carbocycles. The Morgan fingerprint density at radius 1 is 1.62 bits per heavy atom. The summed E-state index contributed by atoms with van der Waals surface area (Å²) in [5, 5.41) is 20.7. The van der Waals surface area contributed by atoms with Crippen molar-refractivity contribution in [3.8, 4) is 0 Å². The van der Waals surface area contributed by atoms with Crippen molar-refractivity contribution < 1.29 is 4.79 Å². The van der Waals surface area contributed by atoms with Gasteiger partial charge in [0.25, 0.3) is 5.91 Å². The van der Waals surface area contributed by atoms with Crippen LogP contribution in [0.25, 0.3) is 0 Å². The van der Waals surface area contributed by atoms with Gasteiger partial charge in [-0.2, -0.15) is 0 Å². The Bertz CT molecular complexity index is 762. The highest BCUT2D eigenvalue weighted by molar-refractivity contribution is 7.13. The summed E-state index contributed by atoms with van der Waals surface area (Å²) in [5.41, 5.74) is 2.35. The fourth-order valence-corrected chi connectivity index (χ4v) is 3.20. The number of amides is 1. The number of anilines is 1. The Morgan fingerprint density at radius 2 is 2.43 bits per heavy atom. The van der Waals surface area contributed by atoms with Crippen LogP contribution in [0, 0.1) is 10.8 Å². The molecule has 1 aliphatic rings. The zero-order valence-corrected chi connectivity index (χ0v) is 12.3. The number of carbonyl (C=O) groups excluding carboxylic acids is 1. The molecule has 1 unspecified atom stereocenters. The van der Waals surface area contributed by atoms with Gasteiger partial charge >= 0.3 is 0 Å². The molecule has 3 N–H and O–H groups in total. The normalized spacial score (nSPS) is 16.5. The standard InChI is InChI=1S/C14H15N5OS/c1-8-2-3-11-9(8)6-10(12(16)19(11)7-15)13(20)18-14-17-4-5-21-14/h4-8,15-16H,2-3H2,1H3,(H,17,18,20). The minimum Gasteiger partial charge on any atom is -0.298 e. The molecule has 1 amide bonds. The van der Waals surface area contributed by atoms with E-state index in [1.165, 1.54) is 15.9 Å². The number of rotatable bonds is 3. The quantitative estimate of drug-likeness (QED) is 0.598. The molecule has 0 bridgehead atoms. The first-order valence-corrected chi connectivity index (χ1v) is 7.54. The van der Waals surface area contributed by atoms with E-state index in [0.717, 1.165) is 30.4 Å². The van der Waals surface area contributed by atoms with Crippen LogP contribution in [0.3, 0.4) is 0 Å². The second-order valence-corrected chi connectivity index (χ2v) is 5.93. The van der Waals surface area contributed by atoms with Gasteiger partial charge in [0.2, 0.25) is 0 Å². The maximum atomic E-state index is 12.4. The number of hydrogen-bond donors (Lipinski definition) is 3. The van der Waals surface area contributed by atoms with Crippen molar-refractivity contribution in [1.82, 2.24) is 9.55 Å². The summed E-state index contributed by atoms with van der Waals surface area (Å²) >= 11 is 1.33. The molecule has 1 atom stereocenters. The highest BCUT2D eigenvalue weighted by atomic mass is 32.1. The minimum absolute atomic E-state index is 0.0481. The summed E-state index contributed by atoms with van der Waals surface area (Å²) < 4.78 is 1.50. The zero-order valence-electron chi connectivity index (χ0n) is 11.5. The lowest BCUT2D eigenvalue weighted by atomic mass is 10.0. The molecular weight excluding hydrogens is 286 g/mol. The van der Waals surface area contributed by atoms with Crippen LogP contribution in [0.4, 0.5) is 5.13 Å². The largest absolute Gasteiger partial charge is 0.298 e. The van der Waals surface area contributed by atoms with Crippen LogP contribution in [0.1, 0.15) is 40.9 Å². The molecule has 2 aromatic heterocycles. The molecule has 0 aliphatic heterocycles. The van der Waals surface area contributed by atoms with E-state index in [1.807, 2.05) is 0 Å². The first kappa shape index (κ1) is 13.7. The molecule has 2 heterocycles. The number of nitrogens with one attached hydrogen (secondary N) is 3. The van der Waals surface area contributed by atoms with Crippen LogP contribution in [0.2, 0.25) is 0 Å². The van der Waals surface area contributed by atoms with Gasteiger partial charge in [0.05, 0.1) is 11.9 Å². The molecule has 6 nitrogen and oxygen atoms in total. The van der Waals surface area contributed by atoms with E-state index in [1.54, 1.807) is 17.6 Å². The molecule has 3 rings (SSSR count). The SMILES string of the molecule is CC1CCc2c1cc(C(=O)Nc1nccs1)c(=N)n2C=N. The van der Waals surface area contributed by atoms with Gasteiger partial charge < -0.3 is 0 Å². The van der Waals surface area contributed by atoms with Crippen molar-refractivity contribution in [3.63, 3.8) is 0 Å². The van der Waals surface area contributed by atoms with Gasteiger partial charge in [0, 0.05) is 17.3 Å². The number of hydrogen-bond acceptors (Lipinski definition) is 5. The van der Waals surface area contributed by atoms with Gasteiger partial charge in [0.15, 0.2) is 5.13 Å². The third kappa shape index (κ3) is 2.29. The molecule has 21 heavy (non-hydrogen) atoms. The van der Waals surface area contributed by atoms with Gasteiger partial charge in [-0.1, -0.05) is 6.92 Å². The lowest BCUT2D eigenvalue weighted by Gasteiger charge is -2.13. The fourth-order valence-electron chi connectivity index (χ4n) is 2.68. The highest BCUT2D eigenvalue weighted by Gasteiger charge is 2.25. The number of fused-ring (bicyclic) bond motifs is 1. The molecule has 108 valence electrons. The maximum absolute atomic E-state index is 12.4. The Balaban J connectivity index is 2.07. The summed E-state index contributed by atoms with van der Waals surface area (Å²) in [6, 6.07) is 1.79. The smallest absolute Gasteiger partial charge is 0.261 e. The Labute approximate surface area is 125 Å². The van der Waals surface area contributed by atoms with E-state index < -0.39 is 0 Å². The fraction of sp³-hybridized carbons (Fsp3) is 0.286. The summed E-state index contributed by atoms with van der Waals surface area (Å²) in [6.45, 7) is 2.10. The van der Waals surface area contributed by atoms with Crippen molar-refractivity contribution in [3.05, 3.63) is 40.0 Å². The van der Waals surface area contributed by atoms with Gasteiger partial charge in [-0.25, -0.2) is 4.98 Å². The number of carbonyl (C=O) groups is 1. The third-order valence-corrected chi connectivity index (χ3v) is 4.48.